The molecule has 1 saturated heterocycles. The molecule has 1 aromatic rings. The topological polar surface area (TPSA) is 40.5 Å². The summed E-state index contributed by atoms with van der Waals surface area (Å²) in [5.41, 5.74) is 1.74. The summed E-state index contributed by atoms with van der Waals surface area (Å²) >= 11 is 3.48. The molecule has 1 heterocycles. The van der Waals surface area contributed by atoms with Crippen LogP contribution >= 0.6 is 15.9 Å². The van der Waals surface area contributed by atoms with E-state index >= 15 is 0 Å². The lowest BCUT2D eigenvalue weighted by Gasteiger charge is -2.35. The lowest BCUT2D eigenvalue weighted by atomic mass is 10.0. The predicted octanol–water partition coefficient (Wildman–Crippen LogP) is 2.74. The average Bonchev–Trinajstić information content (AvgIpc) is 2.41. The van der Waals surface area contributed by atoms with E-state index in [1.807, 2.05) is 30.0 Å². The van der Waals surface area contributed by atoms with Crippen LogP contribution in [0.4, 0.5) is 0 Å². The number of hydrogen-bond acceptors (Lipinski definition) is 2. The number of piperidine rings is 1. The molecule has 0 radical (unpaired) electrons. The number of rotatable bonds is 2. The Morgan fingerprint density at radius 2 is 2.28 bits per heavy atom. The second-order valence-electron chi connectivity index (χ2n) is 4.77. The minimum absolute atomic E-state index is 0.0179. The third kappa shape index (κ3) is 2.59. The zero-order valence-corrected chi connectivity index (χ0v) is 12.1. The van der Waals surface area contributed by atoms with Crippen molar-refractivity contribution < 1.29 is 9.90 Å². The van der Waals surface area contributed by atoms with Gasteiger partial charge in [0.2, 0.25) is 0 Å². The molecule has 0 bridgehead atoms. The van der Waals surface area contributed by atoms with Gasteiger partial charge in [-0.1, -0.05) is 12.1 Å². The average molecular weight is 312 g/mol. The first-order chi connectivity index (χ1) is 8.65. The summed E-state index contributed by atoms with van der Waals surface area (Å²) in [4.78, 5) is 14.3. The van der Waals surface area contributed by atoms with Gasteiger partial charge < -0.3 is 10.0 Å². The van der Waals surface area contributed by atoms with Crippen LogP contribution in [-0.2, 0) is 0 Å². The number of aliphatic hydroxyl groups excluding tert-OH is 1. The smallest absolute Gasteiger partial charge is 0.255 e. The molecular formula is C14H18BrNO2. The van der Waals surface area contributed by atoms with Crippen molar-refractivity contribution in [1.29, 1.82) is 0 Å². The Balaban J connectivity index is 2.27. The van der Waals surface area contributed by atoms with E-state index in [0.29, 0.717) is 5.56 Å². The lowest BCUT2D eigenvalue weighted by Crippen LogP contribution is -2.45. The fraction of sp³-hybridized carbons (Fsp3) is 0.500. The molecule has 0 aliphatic carbocycles. The lowest BCUT2D eigenvalue weighted by molar-refractivity contribution is 0.0502. The molecule has 1 aromatic carbocycles. The fourth-order valence-corrected chi connectivity index (χ4v) is 2.86. The first-order valence-corrected chi connectivity index (χ1v) is 7.11. The highest BCUT2D eigenvalue weighted by Crippen LogP contribution is 2.25. The molecule has 2 rings (SSSR count). The monoisotopic (exact) mass is 311 g/mol. The van der Waals surface area contributed by atoms with Crippen molar-refractivity contribution in [3.63, 3.8) is 0 Å². The maximum absolute atomic E-state index is 12.5. The Morgan fingerprint density at radius 1 is 1.50 bits per heavy atom. The summed E-state index contributed by atoms with van der Waals surface area (Å²) in [5, 5.41) is 9.38. The van der Waals surface area contributed by atoms with E-state index in [1.165, 1.54) is 0 Å². The number of amides is 1. The number of benzene rings is 1. The highest BCUT2D eigenvalue weighted by atomic mass is 79.9. The van der Waals surface area contributed by atoms with Crippen LogP contribution < -0.4 is 0 Å². The van der Waals surface area contributed by atoms with Crippen molar-refractivity contribution in [3.8, 4) is 0 Å². The van der Waals surface area contributed by atoms with E-state index in [0.717, 1.165) is 35.8 Å². The van der Waals surface area contributed by atoms with Crippen LogP contribution in [0.3, 0.4) is 0 Å². The molecule has 1 N–H and O–H groups in total. The van der Waals surface area contributed by atoms with E-state index in [2.05, 4.69) is 15.9 Å². The first-order valence-electron chi connectivity index (χ1n) is 6.32. The van der Waals surface area contributed by atoms with Gasteiger partial charge in [0.1, 0.15) is 0 Å². The zero-order chi connectivity index (χ0) is 13.1. The molecule has 98 valence electrons. The summed E-state index contributed by atoms with van der Waals surface area (Å²) in [6, 6.07) is 5.67. The van der Waals surface area contributed by atoms with Crippen molar-refractivity contribution in [2.75, 3.05) is 13.2 Å². The van der Waals surface area contributed by atoms with Crippen molar-refractivity contribution >= 4 is 21.8 Å². The van der Waals surface area contributed by atoms with Gasteiger partial charge in [0.05, 0.1) is 18.2 Å². The molecule has 3 nitrogen and oxygen atoms in total. The minimum atomic E-state index is -0.0290. The number of aryl methyl sites for hydroxylation is 1. The van der Waals surface area contributed by atoms with Gasteiger partial charge in [-0.05, 0) is 53.7 Å². The largest absolute Gasteiger partial charge is 0.394 e. The maximum Gasteiger partial charge on any atom is 0.255 e. The molecule has 1 aliphatic heterocycles. The zero-order valence-electron chi connectivity index (χ0n) is 10.5. The number of carbonyl (C=O) groups is 1. The normalized spacial score (nSPS) is 19.9. The predicted molar refractivity (Wildman–Crippen MR) is 74.6 cm³/mol. The maximum atomic E-state index is 12.5. The SMILES string of the molecule is Cc1cccc(C(=O)N2CCCCC2CO)c1Br. The van der Waals surface area contributed by atoms with Gasteiger partial charge in [-0.3, -0.25) is 4.79 Å². The molecule has 1 fully saturated rings. The van der Waals surface area contributed by atoms with Crippen LogP contribution in [0.15, 0.2) is 22.7 Å². The summed E-state index contributed by atoms with van der Waals surface area (Å²) in [5.74, 6) is 0.0179. The molecule has 0 aromatic heterocycles. The van der Waals surface area contributed by atoms with Crippen molar-refractivity contribution in [1.82, 2.24) is 4.90 Å². The summed E-state index contributed by atoms with van der Waals surface area (Å²) < 4.78 is 0.859. The summed E-state index contributed by atoms with van der Waals surface area (Å²) in [6.07, 6.45) is 3.00. The Bertz CT molecular complexity index is 447. The van der Waals surface area contributed by atoms with Crippen LogP contribution in [0.25, 0.3) is 0 Å². The van der Waals surface area contributed by atoms with Gasteiger partial charge in [0.15, 0.2) is 0 Å². The van der Waals surface area contributed by atoms with E-state index in [-0.39, 0.29) is 18.6 Å². The molecule has 1 aliphatic rings. The highest BCUT2D eigenvalue weighted by molar-refractivity contribution is 9.10. The standard InChI is InChI=1S/C14H18BrNO2/c1-10-5-4-7-12(13(10)15)14(18)16-8-3-2-6-11(16)9-17/h4-5,7,11,17H,2-3,6,8-9H2,1H3. The molecule has 1 amide bonds. The Kier molecular flexibility index (Phi) is 4.40. The third-order valence-electron chi connectivity index (χ3n) is 3.52. The number of nitrogens with zero attached hydrogens (tertiary/aromatic N) is 1. The fourth-order valence-electron chi connectivity index (χ4n) is 2.43. The summed E-state index contributed by atoms with van der Waals surface area (Å²) in [6.45, 7) is 2.76. The number of likely N-dealkylation sites (tertiary alicyclic amines) is 1. The van der Waals surface area contributed by atoms with Crippen molar-refractivity contribution in [3.05, 3.63) is 33.8 Å². The van der Waals surface area contributed by atoms with Crippen LogP contribution in [0.1, 0.15) is 35.2 Å². The van der Waals surface area contributed by atoms with E-state index < -0.39 is 0 Å². The van der Waals surface area contributed by atoms with E-state index in [4.69, 9.17) is 0 Å². The van der Waals surface area contributed by atoms with Crippen LogP contribution in [0.5, 0.6) is 0 Å². The Hall–Kier alpha value is -0.870. The number of hydrogen-bond donors (Lipinski definition) is 1. The molecular weight excluding hydrogens is 294 g/mol. The molecule has 18 heavy (non-hydrogen) atoms. The van der Waals surface area contributed by atoms with Gasteiger partial charge in [-0.25, -0.2) is 0 Å². The van der Waals surface area contributed by atoms with E-state index in [9.17, 15) is 9.90 Å². The number of aliphatic hydroxyl groups is 1. The van der Waals surface area contributed by atoms with Gasteiger partial charge in [-0.15, -0.1) is 0 Å². The molecule has 4 heteroatoms. The van der Waals surface area contributed by atoms with Crippen LogP contribution in [0.2, 0.25) is 0 Å². The Labute approximate surface area is 116 Å². The second kappa shape index (κ2) is 5.85. The van der Waals surface area contributed by atoms with Crippen LogP contribution in [-0.4, -0.2) is 35.1 Å². The van der Waals surface area contributed by atoms with Crippen molar-refractivity contribution in [2.45, 2.75) is 32.2 Å². The molecule has 1 atom stereocenters. The highest BCUT2D eigenvalue weighted by Gasteiger charge is 2.27. The molecule has 1 unspecified atom stereocenters. The van der Waals surface area contributed by atoms with Gasteiger partial charge in [-0.2, -0.15) is 0 Å². The van der Waals surface area contributed by atoms with Crippen molar-refractivity contribution in [2.24, 2.45) is 0 Å². The van der Waals surface area contributed by atoms with Crippen LogP contribution in [0, 0.1) is 6.92 Å². The number of carbonyl (C=O) groups excluding carboxylic acids is 1. The third-order valence-corrected chi connectivity index (χ3v) is 4.57. The molecule has 0 saturated carbocycles. The van der Waals surface area contributed by atoms with E-state index in [1.54, 1.807) is 0 Å². The van der Waals surface area contributed by atoms with Gasteiger partial charge in [0.25, 0.3) is 5.91 Å². The quantitative estimate of drug-likeness (QED) is 0.912. The second-order valence-corrected chi connectivity index (χ2v) is 5.56. The number of halogens is 1. The van der Waals surface area contributed by atoms with Gasteiger partial charge in [0, 0.05) is 11.0 Å². The summed E-state index contributed by atoms with van der Waals surface area (Å²) in [7, 11) is 0. The van der Waals surface area contributed by atoms with Gasteiger partial charge >= 0.3 is 0 Å². The first kappa shape index (κ1) is 13.6. The molecule has 0 spiro atoms. The minimum Gasteiger partial charge on any atom is -0.394 e. The Morgan fingerprint density at radius 3 is 3.00 bits per heavy atom.